The average molecular weight is 830 g/mol. The largest absolute Gasteiger partial charge is 0.297 e. The van der Waals surface area contributed by atoms with Crippen molar-refractivity contribution in [3.8, 4) is 22.3 Å². The van der Waals surface area contributed by atoms with Crippen LogP contribution < -0.4 is 3.58 Å². The Kier molecular flexibility index (Phi) is 18.4. The van der Waals surface area contributed by atoms with Crippen LogP contribution >= 0.6 is 25.1 Å². The van der Waals surface area contributed by atoms with Crippen molar-refractivity contribution in [3.05, 3.63) is 115 Å². The van der Waals surface area contributed by atoms with Crippen LogP contribution in [0, 0.1) is 5.82 Å². The van der Waals surface area contributed by atoms with Crippen molar-refractivity contribution in [2.45, 2.75) is 72.6 Å². The van der Waals surface area contributed by atoms with Gasteiger partial charge in [-0.05, 0) is 27.7 Å². The first-order valence-corrected chi connectivity index (χ1v) is 26.8. The zero-order chi connectivity index (χ0) is 35.0. The first-order valence-electron chi connectivity index (χ1n) is 18.7. The van der Waals surface area contributed by atoms with E-state index < -0.39 is 18.4 Å². The molecule has 0 saturated carbocycles. The molecule has 4 aromatic carbocycles. The summed E-state index contributed by atoms with van der Waals surface area (Å²) in [6.07, 6.45) is 8.34. The summed E-state index contributed by atoms with van der Waals surface area (Å²) in [4.78, 5) is 0. The minimum absolute atomic E-state index is 0. The Balaban J connectivity index is 0.000000224. The van der Waals surface area contributed by atoms with E-state index in [1.54, 1.807) is 29.0 Å². The van der Waals surface area contributed by atoms with Crippen molar-refractivity contribution in [2.24, 2.45) is 0 Å². The molecule has 0 amide bonds. The summed E-state index contributed by atoms with van der Waals surface area (Å²) in [6.45, 7) is 11.9. The van der Waals surface area contributed by atoms with Gasteiger partial charge in [-0.2, -0.15) is 13.5 Å². The van der Waals surface area contributed by atoms with Crippen LogP contribution in [-0.2, 0) is 0 Å². The van der Waals surface area contributed by atoms with E-state index in [1.165, 1.54) is 61.8 Å². The van der Waals surface area contributed by atoms with Crippen LogP contribution in [-0.4, -0.2) is 72.8 Å². The molecule has 3 heterocycles. The molecule has 0 aliphatic carbocycles. The fraction of sp³-hybridized carbons (Fsp3) is 0.442. The number of piperazine rings is 3. The van der Waals surface area contributed by atoms with Gasteiger partial charge in [-0.15, -0.1) is 4.71 Å². The molecule has 0 unspecified atom stereocenters. The topological polar surface area (TPSA) is 0 Å². The molecule has 2 bridgehead atoms. The number of fused-ring (bicyclic) bond motifs is 3. The molecule has 7 rings (SSSR count). The fourth-order valence-electron chi connectivity index (χ4n) is 7.30. The molecule has 7 heteroatoms. The van der Waals surface area contributed by atoms with Crippen LogP contribution in [0.4, 0.5) is 8.87 Å². The Morgan fingerprint density at radius 1 is 0.540 bits per heavy atom. The smallest absolute Gasteiger partial charge is 0.164 e. The fourth-order valence-corrected chi connectivity index (χ4v) is 23.6. The average Bonchev–Trinajstić information content (AvgIpc) is 3.17. The molecule has 3 fully saturated rings. The Hall–Kier alpha value is -1.90. The third-order valence-corrected chi connectivity index (χ3v) is 26.9. The van der Waals surface area contributed by atoms with Crippen molar-refractivity contribution in [1.82, 2.24) is 0 Å². The van der Waals surface area contributed by atoms with Gasteiger partial charge in [0.2, 0.25) is 0 Å². The van der Waals surface area contributed by atoms with Crippen LogP contribution in [0.15, 0.2) is 109 Å². The maximum absolute atomic E-state index is 13.5. The number of benzene rings is 4. The molecule has 3 aliphatic heterocycles. The number of hydrogen-bond acceptors (Lipinski definition) is 0. The van der Waals surface area contributed by atoms with Crippen LogP contribution in [0.2, 0.25) is 13.3 Å². The molecule has 50 heavy (non-hydrogen) atoms. The summed E-state index contributed by atoms with van der Waals surface area (Å²) in [6, 6.07) is 37.7. The zero-order valence-corrected chi connectivity index (χ0v) is 35.3. The molecular formula is C43H61ClF2N2SSn+2. The Labute approximate surface area is 318 Å². The van der Waals surface area contributed by atoms with Crippen molar-refractivity contribution >= 4 is 47.1 Å². The molecule has 2 nitrogen and oxygen atoms in total. The van der Waals surface area contributed by atoms with E-state index in [0.29, 0.717) is 25.6 Å². The molecule has 3 saturated heterocycles. The number of unbranched alkanes of at least 4 members (excludes halogenated alkanes) is 3. The second-order valence-electron chi connectivity index (χ2n) is 14.2. The van der Waals surface area contributed by atoms with Gasteiger partial charge in [0.1, 0.15) is 25.5 Å². The van der Waals surface area contributed by atoms with Gasteiger partial charge >= 0.3 is 160 Å². The van der Waals surface area contributed by atoms with Gasteiger partial charge in [0, 0.05) is 0 Å². The first kappa shape index (κ1) is 42.5. The van der Waals surface area contributed by atoms with Gasteiger partial charge in [0.15, 0.2) is 25.6 Å². The molecule has 0 spiro atoms. The predicted molar refractivity (Wildman–Crippen MR) is 220 cm³/mol. The van der Waals surface area contributed by atoms with Crippen molar-refractivity contribution < 1.29 is 18.1 Å². The third kappa shape index (κ3) is 12.4. The second-order valence-corrected chi connectivity index (χ2v) is 27.7. The van der Waals surface area contributed by atoms with E-state index >= 15 is 0 Å². The van der Waals surface area contributed by atoms with E-state index in [4.69, 9.17) is 11.6 Å². The minimum atomic E-state index is -2.25. The minimum Gasteiger partial charge on any atom is -0.297 e. The van der Waals surface area contributed by atoms with E-state index in [-0.39, 0.29) is 24.0 Å². The number of hydrogen-bond donors (Lipinski definition) is 0. The summed E-state index contributed by atoms with van der Waals surface area (Å²) < 4.78 is 33.3. The number of quaternary nitrogens is 2. The predicted octanol–water partition coefficient (Wildman–Crippen LogP) is 11.7. The number of alkyl halides is 1. The van der Waals surface area contributed by atoms with Gasteiger partial charge in [-0.1, -0.05) is 54.1 Å². The van der Waals surface area contributed by atoms with Crippen molar-refractivity contribution in [2.75, 3.05) is 45.3 Å². The molecular weight excluding hydrogens is 769 g/mol. The zero-order valence-electron chi connectivity index (χ0n) is 30.7. The van der Waals surface area contributed by atoms with Crippen molar-refractivity contribution in [1.29, 1.82) is 0 Å². The van der Waals surface area contributed by atoms with Crippen molar-refractivity contribution in [3.63, 3.8) is 0 Å². The summed E-state index contributed by atoms with van der Waals surface area (Å²) in [5.74, 6) is -0.195. The third-order valence-electron chi connectivity index (χ3n) is 10.8. The summed E-state index contributed by atoms with van der Waals surface area (Å²) in [5, 5.41) is 0. The molecule has 272 valence electrons. The summed E-state index contributed by atoms with van der Waals surface area (Å²) >= 11 is 3.60. The Morgan fingerprint density at radius 3 is 1.26 bits per heavy atom. The number of rotatable bonds is 13. The summed E-state index contributed by atoms with van der Waals surface area (Å²) in [7, 11) is 0. The van der Waals surface area contributed by atoms with Crippen LogP contribution in [0.5, 0.6) is 0 Å². The molecule has 0 radical (unpaired) electrons. The van der Waals surface area contributed by atoms with Gasteiger partial charge in [0.25, 0.3) is 0 Å². The van der Waals surface area contributed by atoms with E-state index in [2.05, 4.69) is 75.4 Å². The van der Waals surface area contributed by atoms with Crippen LogP contribution in [0.1, 0.15) is 59.3 Å². The normalized spacial score (nSPS) is 19.3. The van der Waals surface area contributed by atoms with Gasteiger partial charge < -0.3 is 0 Å². The van der Waals surface area contributed by atoms with E-state index in [0.717, 1.165) is 35.2 Å². The molecule has 0 aromatic heterocycles. The molecule has 4 aromatic rings. The molecule has 0 atom stereocenters. The van der Waals surface area contributed by atoms with Gasteiger partial charge in [-0.25, -0.2) is 4.39 Å². The maximum atomic E-state index is 13.5. The Bertz CT molecular complexity index is 1440. The number of nitrogens with zero attached hydrogens (tertiary/aromatic N) is 2. The summed E-state index contributed by atoms with van der Waals surface area (Å²) in [5.41, 5.74) is 4.86. The van der Waals surface area contributed by atoms with Gasteiger partial charge in [0.05, 0.1) is 0 Å². The standard InChI is InChI=1S/C12H9F.C12H9.C7H14ClFN2.3C4H9.H2S.Sn/c13-12-8-6-11(7-9-12)10-4-2-1-3-5-10;1-3-7-11(8-4-1)12-9-5-2-6-10-12;8-7-10-1-4-11(9,5-2-10)6-3-10;3*1-3-4-2;;/h1-9H;1,3-10H;1-7H2;3*1,3-4H2,2H3;1H2;/q;;+2;;;;;. The monoisotopic (exact) mass is 830 g/mol. The molecule has 0 N–H and O–H groups in total. The quantitative estimate of drug-likeness (QED) is 0.0414. The SMILES string of the molecule is CCC[CH2][Sn]([CH2]CCC)([CH2]CCC)[c]1ccc(-c2ccccc2)cc1.F[N+]12CC[N+](CCl)(CC1)CC2.Fc1ccc(-c2ccccc2)cc1.S. The number of halogens is 3. The molecule has 3 aliphatic rings. The van der Waals surface area contributed by atoms with E-state index in [1.807, 2.05) is 30.3 Å². The van der Waals surface area contributed by atoms with Crippen LogP contribution in [0.3, 0.4) is 0 Å². The Morgan fingerprint density at radius 2 is 0.900 bits per heavy atom. The van der Waals surface area contributed by atoms with Gasteiger partial charge in [-0.3, -0.25) is 4.48 Å². The first-order chi connectivity index (χ1) is 23.8. The van der Waals surface area contributed by atoms with E-state index in [9.17, 15) is 8.87 Å². The maximum Gasteiger partial charge on any atom is 0.164 e. The van der Waals surface area contributed by atoms with Crippen LogP contribution in [0.25, 0.3) is 22.3 Å². The second kappa shape index (κ2) is 21.6.